The first-order chi connectivity index (χ1) is 6.12. The fourth-order valence-corrected chi connectivity index (χ4v) is 1.91. The van der Waals surface area contributed by atoms with E-state index in [-0.39, 0.29) is 0 Å². The normalized spacial score (nSPS) is 11.9. The largest absolute Gasteiger partial charge is 0.356 e. The summed E-state index contributed by atoms with van der Waals surface area (Å²) < 4.78 is 9.93. The minimum absolute atomic E-state index is 0.434. The topological polar surface area (TPSA) is 38.4 Å². The molecule has 0 bridgehead atoms. The van der Waals surface area contributed by atoms with Gasteiger partial charge in [0.25, 0.3) is 0 Å². The van der Waals surface area contributed by atoms with Crippen molar-refractivity contribution in [3.63, 3.8) is 0 Å². The van der Waals surface area contributed by atoms with E-state index < -0.39 is 6.72 Å². The lowest BCUT2D eigenvalue weighted by Gasteiger charge is -2.12. The third-order valence-corrected chi connectivity index (χ3v) is 3.12. The van der Waals surface area contributed by atoms with Crippen molar-refractivity contribution in [3.8, 4) is 0 Å². The van der Waals surface area contributed by atoms with E-state index in [0.717, 1.165) is 25.7 Å². The van der Waals surface area contributed by atoms with Gasteiger partial charge in [-0.1, -0.05) is 26.7 Å². The van der Waals surface area contributed by atoms with Crippen LogP contribution in [-0.2, 0) is 25.7 Å². The van der Waals surface area contributed by atoms with Crippen molar-refractivity contribution in [2.24, 2.45) is 0 Å². The van der Waals surface area contributed by atoms with Gasteiger partial charge in [-0.25, -0.2) is 0 Å². The molecule has 0 aliphatic rings. The van der Waals surface area contributed by atoms with Gasteiger partial charge in [0, 0.05) is 0 Å². The molecule has 0 unspecified atom stereocenters. The van der Waals surface area contributed by atoms with Crippen LogP contribution in [0.3, 0.4) is 0 Å². The van der Waals surface area contributed by atoms with Gasteiger partial charge in [0.1, 0.15) is 0 Å². The summed E-state index contributed by atoms with van der Waals surface area (Å²) in [6.45, 7) is 1.77. The van der Waals surface area contributed by atoms with E-state index in [1.807, 2.05) is 13.8 Å². The van der Waals surface area contributed by atoms with Gasteiger partial charge in [-0.05, 0) is 24.6 Å². The molecule has 1 radical (unpaired) electrons. The van der Waals surface area contributed by atoms with Gasteiger partial charge >= 0.3 is 6.72 Å². The summed E-state index contributed by atoms with van der Waals surface area (Å²) >= 11 is 4.68. The van der Waals surface area contributed by atoms with Crippen LogP contribution in [-0.4, -0.2) is 13.2 Å². The van der Waals surface area contributed by atoms with Crippen LogP contribution in [0.4, 0.5) is 0 Å². The fourth-order valence-electron chi connectivity index (χ4n) is 0.679. The molecule has 0 spiro atoms. The van der Waals surface area contributed by atoms with Crippen LogP contribution >= 0.6 is 6.72 Å². The van der Waals surface area contributed by atoms with Gasteiger partial charge in [0.15, 0.2) is 0 Å². The second kappa shape index (κ2) is 7.89. The molecule has 0 atom stereocenters. The van der Waals surface area contributed by atoms with Gasteiger partial charge in [-0.3, -0.25) is 0 Å². The first-order valence-electron chi connectivity index (χ1n) is 4.72. The Balaban J connectivity index is 3.49. The van der Waals surface area contributed by atoms with E-state index in [2.05, 4.69) is 11.8 Å². The predicted octanol–water partition coefficient (Wildman–Crippen LogP) is 3.27. The van der Waals surface area contributed by atoms with Crippen LogP contribution in [0.1, 0.15) is 39.5 Å². The Labute approximate surface area is 85.7 Å². The molecule has 0 saturated carbocycles. The minimum atomic E-state index is -3.17. The molecule has 0 aromatic heterocycles. The summed E-state index contributed by atoms with van der Waals surface area (Å²) in [6.07, 6.45) is 3.75. The Morgan fingerprint density at radius 2 is 1.46 bits per heavy atom. The maximum atomic E-state index is 11.3. The zero-order chi connectivity index (χ0) is 10.2. The van der Waals surface area contributed by atoms with Crippen molar-refractivity contribution in [1.29, 1.82) is 0 Å². The molecule has 0 aromatic carbocycles. The van der Waals surface area contributed by atoms with Gasteiger partial charge in [0.2, 0.25) is 0 Å². The molecule has 0 aromatic rings. The van der Waals surface area contributed by atoms with Crippen molar-refractivity contribution < 1.29 is 13.9 Å². The molecule has 0 aliphatic heterocycles. The third-order valence-electron chi connectivity index (χ3n) is 1.49. The molecule has 0 fully saturated rings. The summed E-state index contributed by atoms with van der Waals surface area (Å²) in [7, 11) is 0. The first-order valence-corrected chi connectivity index (χ1v) is 7.28. The van der Waals surface area contributed by atoms with Crippen molar-refractivity contribution >= 4 is 18.5 Å². The van der Waals surface area contributed by atoms with Crippen LogP contribution in [0.15, 0.2) is 0 Å². The van der Waals surface area contributed by atoms with Crippen molar-refractivity contribution in [1.82, 2.24) is 0 Å². The average molecular weight is 225 g/mol. The highest BCUT2D eigenvalue weighted by Crippen LogP contribution is 2.45. The summed E-state index contributed by atoms with van der Waals surface area (Å²) in [5.74, 6) is 0. The molecular formula is C8H18O3PS. The Hall–Kier alpha value is 0.530. The molecule has 0 rings (SSSR count). The van der Waals surface area contributed by atoms with Gasteiger partial charge < -0.3 is 9.05 Å². The molecule has 0 N–H and O–H groups in total. The highest BCUT2D eigenvalue weighted by Gasteiger charge is 2.16. The third kappa shape index (κ3) is 8.85. The van der Waals surface area contributed by atoms with Gasteiger partial charge in [-0.2, -0.15) is 0 Å². The Morgan fingerprint density at radius 1 is 1.08 bits per heavy atom. The summed E-state index contributed by atoms with van der Waals surface area (Å²) in [5, 5.41) is 0. The van der Waals surface area contributed by atoms with E-state index in [9.17, 15) is 4.89 Å². The number of hydrogen-bond acceptors (Lipinski definition) is 3. The summed E-state index contributed by atoms with van der Waals surface area (Å²) in [5.41, 5.74) is 0. The zero-order valence-corrected chi connectivity index (χ0v) is 10.0. The highest BCUT2D eigenvalue weighted by atomic mass is 32.5. The van der Waals surface area contributed by atoms with E-state index in [0.29, 0.717) is 13.2 Å². The molecule has 0 aliphatic carbocycles. The quantitative estimate of drug-likeness (QED) is 0.470. The summed E-state index contributed by atoms with van der Waals surface area (Å²) in [6, 6.07) is 0. The predicted molar refractivity (Wildman–Crippen MR) is 56.7 cm³/mol. The lowest BCUT2D eigenvalue weighted by molar-refractivity contribution is 0.172. The van der Waals surface area contributed by atoms with E-state index >= 15 is 0 Å². The van der Waals surface area contributed by atoms with Crippen LogP contribution in [0.2, 0.25) is 0 Å². The Bertz CT molecular complexity index is 149. The first kappa shape index (κ1) is 13.5. The van der Waals surface area contributed by atoms with Gasteiger partial charge in [0.05, 0.1) is 13.2 Å². The SMILES string of the molecule is CCCCOP([O])(=S)OCCCC. The Kier molecular flexibility index (Phi) is 8.21. The zero-order valence-electron chi connectivity index (χ0n) is 8.32. The maximum Gasteiger partial charge on any atom is 0.356 e. The maximum absolute atomic E-state index is 11.3. The van der Waals surface area contributed by atoms with E-state index in [1.165, 1.54) is 0 Å². The van der Waals surface area contributed by atoms with Crippen LogP contribution in [0.25, 0.3) is 0 Å². The van der Waals surface area contributed by atoms with Crippen LogP contribution in [0, 0.1) is 0 Å². The second-order valence-electron chi connectivity index (χ2n) is 2.82. The molecular weight excluding hydrogens is 207 g/mol. The molecule has 0 saturated heterocycles. The average Bonchev–Trinajstić information content (AvgIpc) is 2.05. The van der Waals surface area contributed by atoms with Crippen molar-refractivity contribution in [2.45, 2.75) is 39.5 Å². The summed E-state index contributed by atoms with van der Waals surface area (Å²) in [4.78, 5) is 11.3. The molecule has 0 heterocycles. The standard InChI is InChI=1S/C8H18O3PS/c1-3-5-7-10-12(9,13)11-8-6-4-2/h3-8H2,1-2H3. The second-order valence-corrected chi connectivity index (χ2v) is 5.57. The molecule has 79 valence electrons. The fraction of sp³-hybridized carbons (Fsp3) is 1.00. The van der Waals surface area contributed by atoms with Crippen molar-refractivity contribution in [2.75, 3.05) is 13.2 Å². The van der Waals surface area contributed by atoms with E-state index in [1.54, 1.807) is 0 Å². The van der Waals surface area contributed by atoms with Crippen molar-refractivity contribution in [3.05, 3.63) is 0 Å². The monoisotopic (exact) mass is 225 g/mol. The molecule has 0 amide bonds. The number of hydrogen-bond donors (Lipinski definition) is 0. The number of unbranched alkanes of at least 4 members (excludes halogenated alkanes) is 2. The molecule has 5 heteroatoms. The number of rotatable bonds is 8. The highest BCUT2D eigenvalue weighted by molar-refractivity contribution is 8.07. The van der Waals surface area contributed by atoms with Gasteiger partial charge in [-0.15, -0.1) is 4.89 Å². The molecule has 13 heavy (non-hydrogen) atoms. The Morgan fingerprint density at radius 3 is 1.77 bits per heavy atom. The van der Waals surface area contributed by atoms with E-state index in [4.69, 9.17) is 9.05 Å². The lowest BCUT2D eigenvalue weighted by Crippen LogP contribution is -1.96. The smallest absolute Gasteiger partial charge is 0.307 e. The minimum Gasteiger partial charge on any atom is -0.307 e. The molecule has 3 nitrogen and oxygen atoms in total. The van der Waals surface area contributed by atoms with Crippen LogP contribution in [0.5, 0.6) is 0 Å². The lowest BCUT2D eigenvalue weighted by atomic mass is 10.4. The van der Waals surface area contributed by atoms with Crippen LogP contribution < -0.4 is 0 Å².